The summed E-state index contributed by atoms with van der Waals surface area (Å²) in [4.78, 5) is 33.3. The molecule has 162 valence electrons. The van der Waals surface area contributed by atoms with E-state index in [9.17, 15) is 27.9 Å². The van der Waals surface area contributed by atoms with Crippen LogP contribution in [0.1, 0.15) is 25.7 Å². The molecule has 10 heteroatoms. The van der Waals surface area contributed by atoms with Crippen molar-refractivity contribution in [2.24, 2.45) is 38.6 Å². The highest BCUT2D eigenvalue weighted by molar-refractivity contribution is 6.24. The first-order valence-electron chi connectivity index (χ1n) is 10.2. The summed E-state index contributed by atoms with van der Waals surface area (Å²) in [6, 6.07) is -0.963. The first kappa shape index (κ1) is 18.8. The van der Waals surface area contributed by atoms with Gasteiger partial charge in [-0.1, -0.05) is 6.08 Å². The lowest BCUT2D eigenvalue weighted by Crippen LogP contribution is -2.52. The highest BCUT2D eigenvalue weighted by Crippen LogP contribution is 2.92. The van der Waals surface area contributed by atoms with Crippen LogP contribution in [0.5, 0.6) is 0 Å². The maximum absolute atomic E-state index is 12.9. The number of aliphatic imine (C=N–C) groups is 2. The molecule has 6 rings (SSSR count). The molecule has 2 aliphatic heterocycles. The van der Waals surface area contributed by atoms with Gasteiger partial charge in [0.25, 0.3) is 0 Å². The van der Waals surface area contributed by atoms with Crippen molar-refractivity contribution < 1.29 is 32.6 Å². The summed E-state index contributed by atoms with van der Waals surface area (Å²) >= 11 is 0. The SMILES string of the molecule is O=C(O)/C(=C/C1C23CCC12CC3)C1=NC2C(C=NC3=CC=C(OC(F)(F)F)C32)C(=O)N1. The van der Waals surface area contributed by atoms with Crippen LogP contribution in [0.15, 0.2) is 45.2 Å². The molecule has 1 amide bonds. The number of carboxylic acid groups (broad SMARTS) is 1. The number of rotatable bonds is 4. The minimum atomic E-state index is -4.90. The number of nitrogens with one attached hydrogen (secondary N) is 1. The molecule has 0 aromatic rings. The predicted molar refractivity (Wildman–Crippen MR) is 101 cm³/mol. The summed E-state index contributed by atoms with van der Waals surface area (Å²) in [7, 11) is 0. The van der Waals surface area contributed by atoms with Crippen molar-refractivity contribution in [3.05, 3.63) is 35.3 Å². The molecule has 0 radical (unpaired) electrons. The topological polar surface area (TPSA) is 100 Å². The van der Waals surface area contributed by atoms with E-state index in [1.807, 2.05) is 0 Å². The monoisotopic (exact) mass is 433 g/mol. The largest absolute Gasteiger partial charge is 0.572 e. The number of carbonyl (C=O) groups is 2. The molecule has 0 spiro atoms. The molecule has 0 aromatic heterocycles. The zero-order valence-electron chi connectivity index (χ0n) is 16.1. The Morgan fingerprint density at radius 1 is 1.23 bits per heavy atom. The van der Waals surface area contributed by atoms with Crippen LogP contribution in [0.25, 0.3) is 0 Å². The second kappa shape index (κ2) is 5.66. The van der Waals surface area contributed by atoms with Gasteiger partial charge in [-0.3, -0.25) is 14.8 Å². The quantitative estimate of drug-likeness (QED) is 0.666. The minimum absolute atomic E-state index is 0.0971. The molecular weight excluding hydrogens is 415 g/mol. The second-order valence-electron chi connectivity index (χ2n) is 9.12. The number of ether oxygens (including phenoxy) is 1. The molecule has 2 N–H and O–H groups in total. The number of carbonyl (C=O) groups excluding carboxylic acids is 1. The van der Waals surface area contributed by atoms with Crippen LogP contribution in [-0.4, -0.2) is 41.4 Å². The van der Waals surface area contributed by atoms with E-state index < -0.39 is 41.9 Å². The van der Waals surface area contributed by atoms with Gasteiger partial charge < -0.3 is 15.2 Å². The molecule has 4 aliphatic carbocycles. The highest BCUT2D eigenvalue weighted by Gasteiger charge is 2.85. The van der Waals surface area contributed by atoms with E-state index in [0.29, 0.717) is 5.70 Å². The van der Waals surface area contributed by atoms with Gasteiger partial charge in [-0.15, -0.1) is 13.2 Å². The molecule has 3 unspecified atom stereocenters. The number of allylic oxidation sites excluding steroid dienone is 3. The Morgan fingerprint density at radius 3 is 2.48 bits per heavy atom. The number of fused-ring (bicyclic) bond motifs is 3. The average Bonchev–Trinajstić information content (AvgIpc) is 3.10. The van der Waals surface area contributed by atoms with E-state index in [1.165, 1.54) is 18.4 Å². The van der Waals surface area contributed by atoms with Gasteiger partial charge in [0, 0.05) is 6.21 Å². The molecule has 3 fully saturated rings. The van der Waals surface area contributed by atoms with Crippen molar-refractivity contribution in [2.75, 3.05) is 0 Å². The lowest BCUT2D eigenvalue weighted by Gasteiger charge is -2.44. The van der Waals surface area contributed by atoms with E-state index in [0.717, 1.165) is 25.7 Å². The van der Waals surface area contributed by atoms with E-state index >= 15 is 0 Å². The summed E-state index contributed by atoms with van der Waals surface area (Å²) in [5.74, 6) is -4.02. The third-order valence-corrected chi connectivity index (χ3v) is 8.15. The number of amidine groups is 1. The van der Waals surface area contributed by atoms with Gasteiger partial charge in [-0.25, -0.2) is 4.79 Å². The molecule has 31 heavy (non-hydrogen) atoms. The van der Waals surface area contributed by atoms with E-state index in [1.54, 1.807) is 6.08 Å². The van der Waals surface area contributed by atoms with Crippen molar-refractivity contribution in [1.29, 1.82) is 0 Å². The number of amides is 1. The second-order valence-corrected chi connectivity index (χ2v) is 9.12. The molecule has 3 atom stereocenters. The van der Waals surface area contributed by atoms with Crippen molar-refractivity contribution in [1.82, 2.24) is 5.32 Å². The predicted octanol–water partition coefficient (Wildman–Crippen LogP) is 2.72. The lowest BCUT2D eigenvalue weighted by atomic mass is 9.60. The summed E-state index contributed by atoms with van der Waals surface area (Å²) in [6.45, 7) is 0. The molecule has 0 aromatic carbocycles. The van der Waals surface area contributed by atoms with Crippen molar-refractivity contribution in [2.45, 2.75) is 38.1 Å². The van der Waals surface area contributed by atoms with Crippen molar-refractivity contribution in [3.63, 3.8) is 0 Å². The first-order valence-corrected chi connectivity index (χ1v) is 10.2. The van der Waals surface area contributed by atoms with Gasteiger partial charge in [-0.05, 0) is 54.6 Å². The molecule has 0 bridgehead atoms. The van der Waals surface area contributed by atoms with Crippen molar-refractivity contribution in [3.8, 4) is 0 Å². The van der Waals surface area contributed by atoms with Crippen molar-refractivity contribution >= 4 is 23.9 Å². The Balaban J connectivity index is 1.36. The molecule has 0 saturated heterocycles. The van der Waals surface area contributed by atoms with Gasteiger partial charge in [0.15, 0.2) is 0 Å². The van der Waals surface area contributed by atoms with Crippen LogP contribution in [-0.2, 0) is 14.3 Å². The van der Waals surface area contributed by atoms with E-state index in [4.69, 9.17) is 0 Å². The zero-order chi connectivity index (χ0) is 21.8. The van der Waals surface area contributed by atoms with Gasteiger partial charge in [0.1, 0.15) is 11.6 Å². The number of alkyl halides is 3. The third kappa shape index (κ3) is 2.36. The molecule has 7 nitrogen and oxygen atoms in total. The number of hydrogen-bond acceptors (Lipinski definition) is 5. The fourth-order valence-corrected chi connectivity index (χ4v) is 6.50. The maximum Gasteiger partial charge on any atom is 0.572 e. The summed E-state index contributed by atoms with van der Waals surface area (Å²) in [5, 5.41) is 12.4. The minimum Gasteiger partial charge on any atom is -0.478 e. The lowest BCUT2D eigenvalue weighted by molar-refractivity contribution is -0.308. The maximum atomic E-state index is 12.9. The molecule has 6 aliphatic rings. The first-order chi connectivity index (χ1) is 14.7. The van der Waals surface area contributed by atoms with Gasteiger partial charge in [-0.2, -0.15) is 0 Å². The summed E-state index contributed by atoms with van der Waals surface area (Å²) in [5.41, 5.74) is 0.630. The Hall–Kier alpha value is -2.91. The van der Waals surface area contributed by atoms with Crippen LogP contribution in [0.3, 0.4) is 0 Å². The van der Waals surface area contributed by atoms with Crippen LogP contribution in [0, 0.1) is 28.6 Å². The number of aliphatic carboxylic acids is 1. The number of nitrogens with zero attached hydrogens (tertiary/aromatic N) is 2. The number of halogens is 3. The van der Waals surface area contributed by atoms with Gasteiger partial charge in [0.05, 0.1) is 29.1 Å². The Morgan fingerprint density at radius 2 is 1.90 bits per heavy atom. The fourth-order valence-electron chi connectivity index (χ4n) is 6.50. The van der Waals surface area contributed by atoms with Gasteiger partial charge in [0.2, 0.25) is 5.91 Å². The zero-order valence-corrected chi connectivity index (χ0v) is 16.1. The smallest absolute Gasteiger partial charge is 0.478 e. The van der Waals surface area contributed by atoms with Crippen LogP contribution in [0.4, 0.5) is 13.2 Å². The van der Waals surface area contributed by atoms with E-state index in [2.05, 4.69) is 20.0 Å². The fraction of sp³-hybridized carbons (Fsp3) is 0.524. The van der Waals surface area contributed by atoms with Crippen LogP contribution in [0.2, 0.25) is 0 Å². The normalized spacial score (nSPS) is 41.7. The number of hydrogen-bond donors (Lipinski definition) is 2. The Labute approximate surface area is 174 Å². The Kier molecular flexibility index (Phi) is 3.44. The highest BCUT2D eigenvalue weighted by atomic mass is 19.4. The van der Waals surface area contributed by atoms with E-state index in [-0.39, 0.29) is 28.2 Å². The van der Waals surface area contributed by atoms with Gasteiger partial charge >= 0.3 is 12.3 Å². The van der Waals surface area contributed by atoms with Crippen LogP contribution < -0.4 is 5.32 Å². The average molecular weight is 433 g/mol. The summed E-state index contributed by atoms with van der Waals surface area (Å²) in [6.07, 6.45) is 5.04. The Bertz CT molecular complexity index is 1060. The molecular formula is C21H18F3N3O4. The molecule has 2 heterocycles. The number of carboxylic acids is 1. The summed E-state index contributed by atoms with van der Waals surface area (Å²) < 4.78 is 42.7. The molecule has 3 saturated carbocycles. The standard InChI is InChI=1S/C21H18F3N3O4/c22-21(23,24)31-12-2-1-11-14(12)15-10(8-25-11)17(28)27-16(26-15)9(18(29)30)7-13-19-3-4-20(13,19)6-5-19/h1-2,7-8,10,13-15H,3-6H2,(H,29,30)(H,26,27,28)/b9-7+. The van der Waals surface area contributed by atoms with Crippen LogP contribution >= 0.6 is 0 Å². The third-order valence-electron chi connectivity index (χ3n) is 8.15.